The predicted octanol–water partition coefficient (Wildman–Crippen LogP) is 1.58. The molecule has 0 radical (unpaired) electrons. The summed E-state index contributed by atoms with van der Waals surface area (Å²) in [7, 11) is 1.58. The molecule has 1 aromatic rings. The molecule has 5 nitrogen and oxygen atoms in total. The number of carbonyl (C=O) groups is 1. The third kappa shape index (κ3) is 5.51. The van der Waals surface area contributed by atoms with Gasteiger partial charge in [-0.2, -0.15) is 0 Å². The van der Waals surface area contributed by atoms with Crippen LogP contribution in [-0.4, -0.2) is 29.8 Å². The summed E-state index contributed by atoms with van der Waals surface area (Å²) in [5.74, 6) is 1.22. The van der Waals surface area contributed by atoms with Crippen molar-refractivity contribution in [3.63, 3.8) is 0 Å². The van der Waals surface area contributed by atoms with E-state index in [9.17, 15) is 0 Å². The Labute approximate surface area is 88.7 Å². The highest BCUT2D eigenvalue weighted by atomic mass is 16.5. The SMILES string of the molecule is COc1ncccc1OC(C)C.O=CO. The van der Waals surface area contributed by atoms with E-state index in [4.69, 9.17) is 19.4 Å². The van der Waals surface area contributed by atoms with Crippen LogP contribution in [0.5, 0.6) is 11.6 Å². The highest BCUT2D eigenvalue weighted by Crippen LogP contribution is 2.23. The van der Waals surface area contributed by atoms with Crippen molar-refractivity contribution in [2.24, 2.45) is 0 Å². The summed E-state index contributed by atoms with van der Waals surface area (Å²) in [5, 5.41) is 6.89. The molecule has 0 bridgehead atoms. The van der Waals surface area contributed by atoms with Crippen molar-refractivity contribution >= 4 is 6.47 Å². The molecule has 0 unspecified atom stereocenters. The number of hydrogen-bond donors (Lipinski definition) is 1. The molecule has 0 spiro atoms. The maximum atomic E-state index is 8.36. The van der Waals surface area contributed by atoms with Crippen LogP contribution in [0.4, 0.5) is 0 Å². The quantitative estimate of drug-likeness (QED) is 0.772. The fourth-order valence-corrected chi connectivity index (χ4v) is 0.873. The van der Waals surface area contributed by atoms with Gasteiger partial charge in [0.25, 0.3) is 12.4 Å². The number of ether oxygens (including phenoxy) is 2. The molecule has 0 aliphatic heterocycles. The second-order valence-electron chi connectivity index (χ2n) is 2.78. The monoisotopic (exact) mass is 213 g/mol. The molecule has 1 heterocycles. The molecule has 84 valence electrons. The fraction of sp³-hybridized carbons (Fsp3) is 0.400. The van der Waals surface area contributed by atoms with Gasteiger partial charge < -0.3 is 14.6 Å². The van der Waals surface area contributed by atoms with Gasteiger partial charge in [0.1, 0.15) is 0 Å². The van der Waals surface area contributed by atoms with Gasteiger partial charge in [0.2, 0.25) is 0 Å². The zero-order valence-corrected chi connectivity index (χ0v) is 9.01. The van der Waals surface area contributed by atoms with Gasteiger partial charge in [-0.15, -0.1) is 0 Å². The lowest BCUT2D eigenvalue weighted by molar-refractivity contribution is -0.122. The maximum absolute atomic E-state index is 8.36. The second kappa shape index (κ2) is 7.61. The smallest absolute Gasteiger partial charge is 0.290 e. The molecule has 15 heavy (non-hydrogen) atoms. The van der Waals surface area contributed by atoms with E-state index in [1.165, 1.54) is 0 Å². The van der Waals surface area contributed by atoms with Crippen molar-refractivity contribution in [3.8, 4) is 11.6 Å². The minimum absolute atomic E-state index is 0.142. The first-order valence-electron chi connectivity index (χ1n) is 4.39. The lowest BCUT2D eigenvalue weighted by Gasteiger charge is -2.11. The molecule has 0 amide bonds. The first kappa shape index (κ1) is 13.2. The summed E-state index contributed by atoms with van der Waals surface area (Å²) in [5.41, 5.74) is 0. The van der Waals surface area contributed by atoms with Crippen LogP contribution in [0.3, 0.4) is 0 Å². The predicted molar refractivity (Wildman–Crippen MR) is 55.2 cm³/mol. The van der Waals surface area contributed by atoms with Crippen molar-refractivity contribution < 1.29 is 19.4 Å². The third-order valence-electron chi connectivity index (χ3n) is 1.29. The highest BCUT2D eigenvalue weighted by molar-refractivity contribution is 5.33. The molecule has 0 saturated heterocycles. The maximum Gasteiger partial charge on any atom is 0.290 e. The first-order valence-corrected chi connectivity index (χ1v) is 4.39. The Kier molecular flexibility index (Phi) is 6.70. The largest absolute Gasteiger partial charge is 0.485 e. The average molecular weight is 213 g/mol. The third-order valence-corrected chi connectivity index (χ3v) is 1.29. The minimum atomic E-state index is -0.250. The number of rotatable bonds is 3. The van der Waals surface area contributed by atoms with E-state index < -0.39 is 0 Å². The number of aromatic nitrogens is 1. The summed E-state index contributed by atoms with van der Waals surface area (Å²) in [6.07, 6.45) is 1.81. The Morgan fingerprint density at radius 2 is 2.13 bits per heavy atom. The summed E-state index contributed by atoms with van der Waals surface area (Å²) < 4.78 is 10.5. The van der Waals surface area contributed by atoms with E-state index in [1.807, 2.05) is 26.0 Å². The summed E-state index contributed by atoms with van der Waals surface area (Å²) in [6, 6.07) is 3.66. The zero-order chi connectivity index (χ0) is 11.7. The average Bonchev–Trinajstić information content (AvgIpc) is 2.19. The molecule has 1 aromatic heterocycles. The molecule has 0 fully saturated rings. The van der Waals surface area contributed by atoms with Gasteiger partial charge in [0, 0.05) is 6.20 Å². The lowest BCUT2D eigenvalue weighted by atomic mass is 10.4. The Bertz CT molecular complexity index is 289. The summed E-state index contributed by atoms with van der Waals surface area (Å²) in [6.45, 7) is 3.68. The Hall–Kier alpha value is -1.78. The van der Waals surface area contributed by atoms with Crippen LogP contribution in [0, 0.1) is 0 Å². The van der Waals surface area contributed by atoms with Crippen LogP contribution >= 0.6 is 0 Å². The topological polar surface area (TPSA) is 68.7 Å². The van der Waals surface area contributed by atoms with Gasteiger partial charge in [-0.1, -0.05) is 0 Å². The van der Waals surface area contributed by atoms with Gasteiger partial charge in [0.15, 0.2) is 5.75 Å². The van der Waals surface area contributed by atoms with Crippen molar-refractivity contribution in [1.29, 1.82) is 0 Å². The number of carboxylic acid groups (broad SMARTS) is 1. The molecule has 1 N–H and O–H groups in total. The standard InChI is InChI=1S/C9H13NO2.CH2O2/c1-7(2)12-8-5-4-6-10-9(8)11-3;2-1-3/h4-7H,1-3H3;1H,(H,2,3). The van der Waals surface area contributed by atoms with Crippen molar-refractivity contribution in [2.45, 2.75) is 20.0 Å². The number of methoxy groups -OCH3 is 1. The van der Waals surface area contributed by atoms with Crippen LogP contribution in [0.25, 0.3) is 0 Å². The van der Waals surface area contributed by atoms with Crippen molar-refractivity contribution in [1.82, 2.24) is 4.98 Å². The van der Waals surface area contributed by atoms with Crippen LogP contribution in [-0.2, 0) is 4.79 Å². The van der Waals surface area contributed by atoms with E-state index >= 15 is 0 Å². The molecule has 1 rings (SSSR count). The molecule has 0 saturated carbocycles. The molecule has 0 aromatic carbocycles. The van der Waals surface area contributed by atoms with E-state index in [2.05, 4.69) is 4.98 Å². The van der Waals surface area contributed by atoms with E-state index in [0.29, 0.717) is 11.6 Å². The van der Waals surface area contributed by atoms with E-state index in [1.54, 1.807) is 13.3 Å². The zero-order valence-electron chi connectivity index (χ0n) is 9.01. The van der Waals surface area contributed by atoms with Gasteiger partial charge in [-0.25, -0.2) is 4.98 Å². The van der Waals surface area contributed by atoms with Crippen LogP contribution in [0.15, 0.2) is 18.3 Å². The normalized spacial score (nSPS) is 8.80. The van der Waals surface area contributed by atoms with Crippen molar-refractivity contribution in [3.05, 3.63) is 18.3 Å². The molecular weight excluding hydrogens is 198 g/mol. The number of nitrogens with zero attached hydrogens (tertiary/aromatic N) is 1. The van der Waals surface area contributed by atoms with E-state index in [0.717, 1.165) is 0 Å². The first-order chi connectivity index (χ1) is 7.15. The molecule has 0 aliphatic carbocycles. The Morgan fingerprint density at radius 3 is 2.60 bits per heavy atom. The second-order valence-corrected chi connectivity index (χ2v) is 2.78. The molecular formula is C10H15NO4. The molecule has 0 atom stereocenters. The Balaban J connectivity index is 0.000000583. The van der Waals surface area contributed by atoms with Crippen LogP contribution in [0.2, 0.25) is 0 Å². The molecule has 5 heteroatoms. The van der Waals surface area contributed by atoms with Gasteiger partial charge in [0.05, 0.1) is 13.2 Å². The lowest BCUT2D eigenvalue weighted by Crippen LogP contribution is -2.06. The Morgan fingerprint density at radius 1 is 1.53 bits per heavy atom. The van der Waals surface area contributed by atoms with Crippen LogP contribution < -0.4 is 9.47 Å². The summed E-state index contributed by atoms with van der Waals surface area (Å²) >= 11 is 0. The van der Waals surface area contributed by atoms with Gasteiger partial charge in [-0.3, -0.25) is 4.79 Å². The van der Waals surface area contributed by atoms with Gasteiger partial charge >= 0.3 is 0 Å². The van der Waals surface area contributed by atoms with Crippen molar-refractivity contribution in [2.75, 3.05) is 7.11 Å². The van der Waals surface area contributed by atoms with Crippen LogP contribution in [0.1, 0.15) is 13.8 Å². The van der Waals surface area contributed by atoms with E-state index in [-0.39, 0.29) is 12.6 Å². The molecule has 0 aliphatic rings. The number of hydrogen-bond acceptors (Lipinski definition) is 4. The highest BCUT2D eigenvalue weighted by Gasteiger charge is 2.04. The van der Waals surface area contributed by atoms with Gasteiger partial charge in [-0.05, 0) is 26.0 Å². The number of pyridine rings is 1. The fourth-order valence-electron chi connectivity index (χ4n) is 0.873. The minimum Gasteiger partial charge on any atom is -0.485 e. The summed E-state index contributed by atoms with van der Waals surface area (Å²) in [4.78, 5) is 12.4.